The number of aryl methyl sites for hydroxylation is 1. The van der Waals surface area contributed by atoms with E-state index in [4.69, 9.17) is 14.7 Å². The minimum atomic E-state index is 0.0944. The van der Waals surface area contributed by atoms with Crippen molar-refractivity contribution in [2.45, 2.75) is 57.7 Å². The first-order chi connectivity index (χ1) is 15.1. The molecule has 1 fully saturated rings. The van der Waals surface area contributed by atoms with Gasteiger partial charge in [0.25, 0.3) is 0 Å². The van der Waals surface area contributed by atoms with Crippen LogP contribution in [0.1, 0.15) is 40.5 Å². The molecule has 0 atom stereocenters. The summed E-state index contributed by atoms with van der Waals surface area (Å²) in [6.07, 6.45) is 7.81. The Morgan fingerprint density at radius 2 is 1.75 bits per heavy atom. The maximum Gasteiger partial charge on any atom is 0.221 e. The summed E-state index contributed by atoms with van der Waals surface area (Å²) in [5.74, 6) is 1.56. The van der Waals surface area contributed by atoms with E-state index in [1.54, 1.807) is 11.8 Å². The number of anilines is 1. The first-order valence-electron chi connectivity index (χ1n) is 11.1. The number of aromatic nitrogens is 4. The molecule has 4 heterocycles. The highest BCUT2D eigenvalue weighted by Gasteiger charge is 2.39. The molecular formula is C25H34N6O. The summed E-state index contributed by atoms with van der Waals surface area (Å²) in [6, 6.07) is 8.62. The van der Waals surface area contributed by atoms with Gasteiger partial charge < -0.3 is 15.0 Å². The Hall–Kier alpha value is -2.93. The molecule has 7 heteroatoms. The summed E-state index contributed by atoms with van der Waals surface area (Å²) in [6.45, 7) is 9.11. The summed E-state index contributed by atoms with van der Waals surface area (Å²) < 4.78 is 7.34. The average Bonchev–Trinajstić information content (AvgIpc) is 3.16. The van der Waals surface area contributed by atoms with E-state index in [-0.39, 0.29) is 11.1 Å². The van der Waals surface area contributed by atoms with Crippen molar-refractivity contribution < 1.29 is 4.74 Å². The standard InChI is InChI=1S/C25H34N6O/c1-24(2)12-19(13-25(3,4)29-24)31(6)22-11-8-17(14-26-22)21-10-9-20(23(28-21)32-7)18-15-27-30(5)16-18/h8-11,14-16,19,29H,12-13H2,1-7H3. The van der Waals surface area contributed by atoms with Crippen LogP contribution in [0.25, 0.3) is 22.4 Å². The molecule has 0 aromatic carbocycles. The van der Waals surface area contributed by atoms with Gasteiger partial charge in [0.1, 0.15) is 5.82 Å². The zero-order valence-corrected chi connectivity index (χ0v) is 20.2. The molecule has 0 unspecified atom stereocenters. The van der Waals surface area contributed by atoms with Crippen LogP contribution in [0.3, 0.4) is 0 Å². The normalized spacial score (nSPS) is 17.8. The van der Waals surface area contributed by atoms with Crippen molar-refractivity contribution in [3.05, 3.63) is 42.9 Å². The zero-order chi connectivity index (χ0) is 23.1. The van der Waals surface area contributed by atoms with Gasteiger partial charge in [-0.05, 0) is 64.8 Å². The molecule has 0 radical (unpaired) electrons. The molecule has 3 aromatic heterocycles. The lowest BCUT2D eigenvalue weighted by atomic mass is 9.79. The Morgan fingerprint density at radius 1 is 1.03 bits per heavy atom. The van der Waals surface area contributed by atoms with Crippen molar-refractivity contribution >= 4 is 5.82 Å². The van der Waals surface area contributed by atoms with Crippen molar-refractivity contribution in [3.63, 3.8) is 0 Å². The highest BCUT2D eigenvalue weighted by Crippen LogP contribution is 2.34. The van der Waals surface area contributed by atoms with Crippen LogP contribution in [0.2, 0.25) is 0 Å². The second kappa shape index (κ2) is 8.20. The van der Waals surface area contributed by atoms with Crippen LogP contribution in [-0.2, 0) is 7.05 Å². The van der Waals surface area contributed by atoms with Crippen LogP contribution >= 0.6 is 0 Å². The van der Waals surface area contributed by atoms with Crippen molar-refractivity contribution in [1.82, 2.24) is 25.1 Å². The molecule has 1 aliphatic heterocycles. The van der Waals surface area contributed by atoms with Crippen LogP contribution in [0.5, 0.6) is 5.88 Å². The molecule has 3 aromatic rings. The largest absolute Gasteiger partial charge is 0.481 e. The van der Waals surface area contributed by atoms with Gasteiger partial charge in [-0.3, -0.25) is 4.68 Å². The molecule has 1 saturated heterocycles. The smallest absolute Gasteiger partial charge is 0.221 e. The topological polar surface area (TPSA) is 68.1 Å². The van der Waals surface area contributed by atoms with E-state index in [0.29, 0.717) is 11.9 Å². The lowest BCUT2D eigenvalue weighted by Crippen LogP contribution is -2.62. The first-order valence-corrected chi connectivity index (χ1v) is 11.1. The average molecular weight is 435 g/mol. The van der Waals surface area contributed by atoms with E-state index in [9.17, 15) is 0 Å². The van der Waals surface area contributed by atoms with Gasteiger partial charge in [0.05, 0.1) is 19.0 Å². The Kier molecular flexibility index (Phi) is 5.71. The van der Waals surface area contributed by atoms with Crippen LogP contribution < -0.4 is 15.0 Å². The maximum absolute atomic E-state index is 5.57. The van der Waals surface area contributed by atoms with Crippen molar-refractivity contribution in [2.24, 2.45) is 7.05 Å². The van der Waals surface area contributed by atoms with Gasteiger partial charge in [-0.1, -0.05) is 0 Å². The van der Waals surface area contributed by atoms with E-state index < -0.39 is 0 Å². The van der Waals surface area contributed by atoms with E-state index in [1.165, 1.54) is 0 Å². The van der Waals surface area contributed by atoms with Crippen LogP contribution in [0.15, 0.2) is 42.9 Å². The van der Waals surface area contributed by atoms with Gasteiger partial charge in [0.2, 0.25) is 5.88 Å². The third-order valence-electron chi connectivity index (χ3n) is 6.19. The number of pyridine rings is 2. The fourth-order valence-corrected chi connectivity index (χ4v) is 5.01. The number of nitrogens with one attached hydrogen (secondary N) is 1. The number of nitrogens with zero attached hydrogens (tertiary/aromatic N) is 5. The zero-order valence-electron chi connectivity index (χ0n) is 20.2. The molecule has 4 rings (SSSR count). The lowest BCUT2D eigenvalue weighted by Gasteiger charge is -2.49. The van der Waals surface area contributed by atoms with E-state index in [0.717, 1.165) is 41.0 Å². The highest BCUT2D eigenvalue weighted by molar-refractivity contribution is 5.71. The minimum absolute atomic E-state index is 0.0944. The predicted octanol–water partition coefficient (Wildman–Crippen LogP) is 4.30. The fraction of sp³-hybridized carbons (Fsp3) is 0.480. The molecule has 0 spiro atoms. The SMILES string of the molecule is COc1nc(-c2ccc(N(C)C3CC(C)(C)NC(C)(C)C3)nc2)ccc1-c1cnn(C)c1. The Morgan fingerprint density at radius 3 is 2.31 bits per heavy atom. The molecular weight excluding hydrogens is 400 g/mol. The van der Waals surface area contributed by atoms with Crippen molar-refractivity contribution in [2.75, 3.05) is 19.1 Å². The van der Waals surface area contributed by atoms with Gasteiger partial charge in [0, 0.05) is 60.3 Å². The number of rotatable bonds is 5. The van der Waals surface area contributed by atoms with Crippen molar-refractivity contribution in [1.29, 1.82) is 0 Å². The molecule has 0 bridgehead atoms. The quantitative estimate of drug-likeness (QED) is 0.646. The predicted molar refractivity (Wildman–Crippen MR) is 129 cm³/mol. The van der Waals surface area contributed by atoms with Gasteiger partial charge >= 0.3 is 0 Å². The summed E-state index contributed by atoms with van der Waals surface area (Å²) >= 11 is 0. The number of methoxy groups -OCH3 is 1. The minimum Gasteiger partial charge on any atom is -0.481 e. The molecule has 0 aliphatic carbocycles. The Bertz CT molecular complexity index is 1070. The van der Waals surface area contributed by atoms with E-state index in [2.05, 4.69) is 62.2 Å². The molecule has 0 amide bonds. The van der Waals surface area contributed by atoms with Crippen molar-refractivity contribution in [3.8, 4) is 28.3 Å². The van der Waals surface area contributed by atoms with E-state index in [1.807, 2.05) is 37.8 Å². The lowest BCUT2D eigenvalue weighted by molar-refractivity contribution is 0.160. The summed E-state index contributed by atoms with van der Waals surface area (Å²) in [5.41, 5.74) is 3.88. The second-order valence-electron chi connectivity index (χ2n) is 10.1. The number of hydrogen-bond donors (Lipinski definition) is 1. The Labute approximate surface area is 190 Å². The monoisotopic (exact) mass is 434 g/mol. The van der Waals surface area contributed by atoms with Gasteiger partial charge in [-0.25, -0.2) is 9.97 Å². The molecule has 32 heavy (non-hydrogen) atoms. The summed E-state index contributed by atoms with van der Waals surface area (Å²) in [7, 11) is 5.69. The number of ether oxygens (including phenoxy) is 1. The summed E-state index contributed by atoms with van der Waals surface area (Å²) in [5, 5.41) is 8.00. The van der Waals surface area contributed by atoms with Crippen LogP contribution in [-0.4, -0.2) is 51.0 Å². The Balaban J connectivity index is 1.56. The fourth-order valence-electron chi connectivity index (χ4n) is 5.01. The molecule has 1 N–H and O–H groups in total. The first kappa shape index (κ1) is 22.3. The number of hydrogen-bond acceptors (Lipinski definition) is 6. The number of piperidine rings is 1. The summed E-state index contributed by atoms with van der Waals surface area (Å²) in [4.78, 5) is 11.8. The molecule has 1 aliphatic rings. The molecule has 7 nitrogen and oxygen atoms in total. The molecule has 170 valence electrons. The third kappa shape index (κ3) is 4.63. The van der Waals surface area contributed by atoms with Crippen LogP contribution in [0, 0.1) is 0 Å². The van der Waals surface area contributed by atoms with Crippen LogP contribution in [0.4, 0.5) is 5.82 Å². The van der Waals surface area contributed by atoms with Gasteiger partial charge in [-0.2, -0.15) is 5.10 Å². The van der Waals surface area contributed by atoms with Gasteiger partial charge in [0.15, 0.2) is 0 Å². The molecule has 0 saturated carbocycles. The maximum atomic E-state index is 5.57. The van der Waals surface area contributed by atoms with E-state index >= 15 is 0 Å². The van der Waals surface area contributed by atoms with Gasteiger partial charge in [-0.15, -0.1) is 0 Å². The highest BCUT2D eigenvalue weighted by atomic mass is 16.5. The third-order valence-corrected chi connectivity index (χ3v) is 6.19. The second-order valence-corrected chi connectivity index (χ2v) is 10.1.